The first-order valence-corrected chi connectivity index (χ1v) is 8.39. The first-order valence-electron chi connectivity index (χ1n) is 8.39. The molecule has 0 bridgehead atoms. The van der Waals surface area contributed by atoms with E-state index in [1.807, 2.05) is 6.92 Å². The van der Waals surface area contributed by atoms with Crippen LogP contribution >= 0.6 is 0 Å². The molecule has 0 radical (unpaired) electrons. The Morgan fingerprint density at radius 1 is 1.04 bits per heavy atom. The number of para-hydroxylation sites is 2. The van der Waals surface area contributed by atoms with Crippen molar-refractivity contribution in [3.8, 4) is 5.75 Å². The molecule has 2 N–H and O–H groups in total. The predicted molar refractivity (Wildman–Crippen MR) is 99.4 cm³/mol. The van der Waals surface area contributed by atoms with Crippen molar-refractivity contribution in [2.45, 2.75) is 6.92 Å². The van der Waals surface area contributed by atoms with E-state index in [4.69, 9.17) is 4.74 Å². The monoisotopic (exact) mass is 387 g/mol. The van der Waals surface area contributed by atoms with E-state index in [9.17, 15) is 18.0 Å². The molecule has 0 atom stereocenters. The number of nitrogens with one attached hydrogen (secondary N) is 2. The second-order valence-corrected chi connectivity index (χ2v) is 5.66. The van der Waals surface area contributed by atoms with Gasteiger partial charge in [0.2, 0.25) is 0 Å². The molecular formula is C20H16F3N3O2. The first-order chi connectivity index (χ1) is 13.5. The fourth-order valence-electron chi connectivity index (χ4n) is 2.45. The van der Waals surface area contributed by atoms with Crippen LogP contribution in [0.15, 0.2) is 54.7 Å². The molecule has 0 aliphatic rings. The van der Waals surface area contributed by atoms with E-state index >= 15 is 0 Å². The minimum Gasteiger partial charge on any atom is -0.492 e. The molecule has 0 aliphatic carbocycles. The third-order valence-electron chi connectivity index (χ3n) is 3.74. The molecular weight excluding hydrogens is 371 g/mol. The number of anilines is 3. The number of halogens is 3. The van der Waals surface area contributed by atoms with Gasteiger partial charge in [-0.05, 0) is 43.3 Å². The number of rotatable bonds is 6. The number of pyridine rings is 1. The van der Waals surface area contributed by atoms with Gasteiger partial charge in [-0.25, -0.2) is 13.2 Å². The Morgan fingerprint density at radius 2 is 1.82 bits per heavy atom. The lowest BCUT2D eigenvalue weighted by molar-refractivity contribution is 0.102. The third-order valence-corrected chi connectivity index (χ3v) is 3.74. The zero-order valence-corrected chi connectivity index (χ0v) is 14.8. The molecule has 0 fully saturated rings. The number of amides is 1. The molecule has 144 valence electrons. The molecule has 1 aromatic heterocycles. The average molecular weight is 387 g/mol. The molecule has 0 unspecified atom stereocenters. The van der Waals surface area contributed by atoms with Crippen LogP contribution in [0.25, 0.3) is 0 Å². The fraction of sp³-hybridized carbons (Fsp3) is 0.100. The van der Waals surface area contributed by atoms with E-state index in [1.54, 1.807) is 24.3 Å². The molecule has 8 heteroatoms. The summed E-state index contributed by atoms with van der Waals surface area (Å²) >= 11 is 0. The van der Waals surface area contributed by atoms with Crippen LogP contribution in [-0.4, -0.2) is 17.5 Å². The van der Waals surface area contributed by atoms with Crippen molar-refractivity contribution in [3.05, 3.63) is 77.9 Å². The highest BCUT2D eigenvalue weighted by Crippen LogP contribution is 2.26. The lowest BCUT2D eigenvalue weighted by Crippen LogP contribution is -2.14. The number of ether oxygens (including phenoxy) is 1. The second-order valence-electron chi connectivity index (χ2n) is 5.66. The maximum Gasteiger partial charge on any atom is 0.274 e. The molecule has 3 aromatic rings. The Hall–Kier alpha value is -3.55. The topological polar surface area (TPSA) is 63.2 Å². The maximum atomic E-state index is 13.8. The van der Waals surface area contributed by atoms with Crippen molar-refractivity contribution >= 4 is 23.0 Å². The van der Waals surface area contributed by atoms with E-state index in [2.05, 4.69) is 15.6 Å². The summed E-state index contributed by atoms with van der Waals surface area (Å²) in [5.74, 6) is -4.22. The average Bonchev–Trinajstić information content (AvgIpc) is 2.70. The van der Waals surface area contributed by atoms with Crippen molar-refractivity contribution in [3.63, 3.8) is 0 Å². The van der Waals surface area contributed by atoms with Gasteiger partial charge in [0.05, 0.1) is 18.0 Å². The SMILES string of the molecule is CCOc1ccccc1NC(=O)c1cc(Nc2ccc(F)c(F)c2F)ccn1. The summed E-state index contributed by atoms with van der Waals surface area (Å²) in [5, 5.41) is 5.30. The van der Waals surface area contributed by atoms with Gasteiger partial charge >= 0.3 is 0 Å². The number of hydrogen-bond donors (Lipinski definition) is 2. The van der Waals surface area contributed by atoms with Crippen LogP contribution in [0, 0.1) is 17.5 Å². The minimum absolute atomic E-state index is 0.0410. The van der Waals surface area contributed by atoms with Gasteiger partial charge < -0.3 is 15.4 Å². The molecule has 0 saturated carbocycles. The Labute approximate surface area is 159 Å². The summed E-state index contributed by atoms with van der Waals surface area (Å²) in [6.07, 6.45) is 1.34. The van der Waals surface area contributed by atoms with Crippen LogP contribution in [0.1, 0.15) is 17.4 Å². The van der Waals surface area contributed by atoms with Crippen molar-refractivity contribution in [1.29, 1.82) is 0 Å². The van der Waals surface area contributed by atoms with Crippen molar-refractivity contribution in [2.75, 3.05) is 17.2 Å². The van der Waals surface area contributed by atoms with Crippen molar-refractivity contribution < 1.29 is 22.7 Å². The quantitative estimate of drug-likeness (QED) is 0.591. The standard InChI is InChI=1S/C20H16F3N3O2/c1-2-28-17-6-4-3-5-14(17)26-20(27)16-11-12(9-10-24-16)25-15-8-7-13(21)18(22)19(15)23/h3-11H,2H2,1H3,(H,24,25)(H,26,27). The Bertz CT molecular complexity index is 1010. The van der Waals surface area contributed by atoms with Gasteiger partial charge in [-0.2, -0.15) is 0 Å². The number of carbonyl (C=O) groups is 1. The number of aromatic nitrogens is 1. The number of carbonyl (C=O) groups excluding carboxylic acids is 1. The van der Waals surface area contributed by atoms with E-state index in [1.165, 1.54) is 18.3 Å². The van der Waals surface area contributed by atoms with E-state index in [0.717, 1.165) is 12.1 Å². The largest absolute Gasteiger partial charge is 0.492 e. The Balaban J connectivity index is 1.80. The molecule has 1 amide bonds. The molecule has 28 heavy (non-hydrogen) atoms. The van der Waals surface area contributed by atoms with E-state index < -0.39 is 23.4 Å². The smallest absolute Gasteiger partial charge is 0.274 e. The zero-order valence-electron chi connectivity index (χ0n) is 14.8. The summed E-state index contributed by atoms with van der Waals surface area (Å²) in [6, 6.07) is 11.6. The van der Waals surface area contributed by atoms with Crippen molar-refractivity contribution in [2.24, 2.45) is 0 Å². The maximum absolute atomic E-state index is 13.8. The fourth-order valence-corrected chi connectivity index (χ4v) is 2.45. The predicted octanol–water partition coefficient (Wildman–Crippen LogP) is 4.89. The minimum atomic E-state index is -1.58. The molecule has 0 saturated heterocycles. The van der Waals surface area contributed by atoms with Gasteiger partial charge in [0.15, 0.2) is 17.5 Å². The summed E-state index contributed by atoms with van der Waals surface area (Å²) < 4.78 is 45.7. The van der Waals surface area contributed by atoms with E-state index in [0.29, 0.717) is 18.0 Å². The van der Waals surface area contributed by atoms with Gasteiger partial charge in [0, 0.05) is 11.9 Å². The summed E-state index contributed by atoms with van der Waals surface area (Å²) in [5.41, 5.74) is 0.529. The molecule has 2 aromatic carbocycles. The number of nitrogens with zero attached hydrogens (tertiary/aromatic N) is 1. The van der Waals surface area contributed by atoms with Gasteiger partial charge in [-0.15, -0.1) is 0 Å². The van der Waals surface area contributed by atoms with Crippen LogP contribution in [-0.2, 0) is 0 Å². The molecule has 1 heterocycles. The highest BCUT2D eigenvalue weighted by Gasteiger charge is 2.15. The molecule has 0 aliphatic heterocycles. The molecule has 5 nitrogen and oxygen atoms in total. The van der Waals surface area contributed by atoms with Crippen LogP contribution in [0.3, 0.4) is 0 Å². The van der Waals surface area contributed by atoms with Gasteiger partial charge in [0.25, 0.3) is 5.91 Å². The van der Waals surface area contributed by atoms with Crippen LogP contribution < -0.4 is 15.4 Å². The number of benzene rings is 2. The number of hydrogen-bond acceptors (Lipinski definition) is 4. The van der Waals surface area contributed by atoms with E-state index in [-0.39, 0.29) is 17.1 Å². The van der Waals surface area contributed by atoms with Crippen LogP contribution in [0.2, 0.25) is 0 Å². The van der Waals surface area contributed by atoms with Gasteiger partial charge in [0.1, 0.15) is 11.4 Å². The second kappa shape index (κ2) is 8.43. The summed E-state index contributed by atoms with van der Waals surface area (Å²) in [4.78, 5) is 16.5. The third kappa shape index (κ3) is 4.22. The molecule has 3 rings (SSSR count). The first kappa shape index (κ1) is 19.2. The summed E-state index contributed by atoms with van der Waals surface area (Å²) in [6.45, 7) is 2.26. The highest BCUT2D eigenvalue weighted by molar-refractivity contribution is 6.04. The normalized spacial score (nSPS) is 10.4. The highest BCUT2D eigenvalue weighted by atomic mass is 19.2. The Morgan fingerprint density at radius 3 is 2.61 bits per heavy atom. The zero-order chi connectivity index (χ0) is 20.1. The van der Waals surface area contributed by atoms with Crippen molar-refractivity contribution in [1.82, 2.24) is 4.98 Å². The Kier molecular flexibility index (Phi) is 5.78. The lowest BCUT2D eigenvalue weighted by Gasteiger charge is -2.12. The van der Waals surface area contributed by atoms with Gasteiger partial charge in [-0.3, -0.25) is 9.78 Å². The van der Waals surface area contributed by atoms with Gasteiger partial charge in [-0.1, -0.05) is 12.1 Å². The van der Waals surface area contributed by atoms with Crippen LogP contribution in [0.5, 0.6) is 5.75 Å². The molecule has 0 spiro atoms. The summed E-state index contributed by atoms with van der Waals surface area (Å²) in [7, 11) is 0. The van der Waals surface area contributed by atoms with Crippen LogP contribution in [0.4, 0.5) is 30.2 Å². The lowest BCUT2D eigenvalue weighted by atomic mass is 10.2.